The van der Waals surface area contributed by atoms with Gasteiger partial charge in [-0.15, -0.1) is 6.58 Å². The van der Waals surface area contributed by atoms with Crippen LogP contribution < -0.4 is 11.2 Å². The molecule has 6 rings (SSSR count). The normalized spacial score (nSPS) is 34.5. The Bertz CT molecular complexity index is 920. The molecular weight excluding hydrogens is 292 g/mol. The molecule has 0 aliphatic heterocycles. The number of rotatable bonds is 3. The van der Waals surface area contributed by atoms with Crippen LogP contribution in [0.25, 0.3) is 11.2 Å². The van der Waals surface area contributed by atoms with Crippen LogP contribution in [0, 0.1) is 17.8 Å². The van der Waals surface area contributed by atoms with E-state index in [0.29, 0.717) is 23.6 Å². The molecule has 2 aromatic rings. The van der Waals surface area contributed by atoms with Gasteiger partial charge >= 0.3 is 5.69 Å². The number of nitrogens with one attached hydrogen (secondary N) is 2. The molecule has 2 aromatic heterocycles. The number of hydrogen-bond donors (Lipinski definition) is 2. The van der Waals surface area contributed by atoms with E-state index in [1.165, 1.54) is 36.7 Å². The Morgan fingerprint density at radius 1 is 1.22 bits per heavy atom. The molecule has 6 heteroatoms. The molecule has 0 spiro atoms. The van der Waals surface area contributed by atoms with E-state index in [1.54, 1.807) is 6.08 Å². The van der Waals surface area contributed by atoms with Crippen molar-refractivity contribution >= 4 is 11.2 Å². The van der Waals surface area contributed by atoms with Gasteiger partial charge in [0.2, 0.25) is 0 Å². The van der Waals surface area contributed by atoms with Gasteiger partial charge in [0, 0.05) is 12.0 Å². The predicted octanol–water partition coefficient (Wildman–Crippen LogP) is 1.68. The summed E-state index contributed by atoms with van der Waals surface area (Å²) in [5.74, 6) is 3.24. The van der Waals surface area contributed by atoms with Crippen LogP contribution in [0.2, 0.25) is 0 Å². The monoisotopic (exact) mass is 312 g/mol. The van der Waals surface area contributed by atoms with Crippen molar-refractivity contribution in [1.82, 2.24) is 19.5 Å². The molecule has 4 fully saturated rings. The lowest BCUT2D eigenvalue weighted by Gasteiger charge is -2.30. The molecule has 4 aliphatic rings. The van der Waals surface area contributed by atoms with Crippen molar-refractivity contribution < 1.29 is 0 Å². The first-order valence-electron chi connectivity index (χ1n) is 8.45. The average Bonchev–Trinajstić information content (AvgIpc) is 3.12. The lowest BCUT2D eigenvalue weighted by Crippen LogP contribution is -2.30. The largest absolute Gasteiger partial charge is 0.336 e. The Hall–Kier alpha value is -2.11. The quantitative estimate of drug-likeness (QED) is 0.846. The van der Waals surface area contributed by atoms with E-state index >= 15 is 0 Å². The fraction of sp³-hybridized carbons (Fsp3) is 0.588. The third-order valence-electron chi connectivity index (χ3n) is 6.41. The molecule has 120 valence electrons. The number of imidazole rings is 1. The lowest BCUT2D eigenvalue weighted by atomic mass is 9.75. The smallest absolute Gasteiger partial charge is 0.330 e. The molecule has 4 bridgehead atoms. The minimum Gasteiger partial charge on any atom is -0.336 e. The second kappa shape index (κ2) is 4.24. The first-order valence-corrected chi connectivity index (χ1v) is 8.45. The maximum atomic E-state index is 12.2. The van der Waals surface area contributed by atoms with Gasteiger partial charge in [0.15, 0.2) is 5.65 Å². The molecule has 23 heavy (non-hydrogen) atoms. The van der Waals surface area contributed by atoms with Crippen molar-refractivity contribution in [3.05, 3.63) is 39.3 Å². The first kappa shape index (κ1) is 13.3. The fourth-order valence-electron chi connectivity index (χ4n) is 5.76. The summed E-state index contributed by atoms with van der Waals surface area (Å²) in [6, 6.07) is 0. The van der Waals surface area contributed by atoms with Gasteiger partial charge in [0.05, 0.1) is 0 Å². The summed E-state index contributed by atoms with van der Waals surface area (Å²) in [6.07, 6.45) is 7.96. The van der Waals surface area contributed by atoms with Gasteiger partial charge in [-0.25, -0.2) is 9.78 Å². The molecule has 2 atom stereocenters. The van der Waals surface area contributed by atoms with Crippen molar-refractivity contribution in [3.63, 3.8) is 0 Å². The van der Waals surface area contributed by atoms with Crippen LogP contribution in [-0.2, 0) is 12.0 Å². The van der Waals surface area contributed by atoms with E-state index in [1.807, 2.05) is 0 Å². The van der Waals surface area contributed by atoms with Crippen LogP contribution in [0.5, 0.6) is 0 Å². The zero-order valence-electron chi connectivity index (χ0n) is 13.0. The summed E-state index contributed by atoms with van der Waals surface area (Å²) in [4.78, 5) is 34.7. The zero-order chi connectivity index (χ0) is 15.8. The summed E-state index contributed by atoms with van der Waals surface area (Å²) in [5, 5.41) is 0. The number of H-pyrrole nitrogens is 2. The highest BCUT2D eigenvalue weighted by Gasteiger charge is 2.59. The van der Waals surface area contributed by atoms with Crippen LogP contribution in [0.3, 0.4) is 0 Å². The molecule has 0 amide bonds. The SMILES string of the molecule is C=CCn1c(=O)[nH]c(=O)c2[nH]c(C34CC5CC(CC3C5)C4)nc21. The Balaban J connectivity index is 1.74. The molecule has 6 nitrogen and oxygen atoms in total. The maximum absolute atomic E-state index is 12.2. The van der Waals surface area contributed by atoms with Crippen molar-refractivity contribution in [3.8, 4) is 0 Å². The van der Waals surface area contributed by atoms with Crippen LogP contribution in [0.1, 0.15) is 37.9 Å². The van der Waals surface area contributed by atoms with Gasteiger partial charge in [-0.3, -0.25) is 14.3 Å². The van der Waals surface area contributed by atoms with Crippen LogP contribution >= 0.6 is 0 Å². The van der Waals surface area contributed by atoms with Crippen molar-refractivity contribution in [1.29, 1.82) is 0 Å². The van der Waals surface area contributed by atoms with Gasteiger partial charge in [-0.1, -0.05) is 6.08 Å². The Morgan fingerprint density at radius 3 is 2.65 bits per heavy atom. The summed E-state index contributed by atoms with van der Waals surface area (Å²) < 4.78 is 1.49. The second-order valence-corrected chi connectivity index (χ2v) is 7.64. The topological polar surface area (TPSA) is 83.5 Å². The molecular formula is C17H20N4O2. The summed E-state index contributed by atoms with van der Waals surface area (Å²) in [6.45, 7) is 4.03. The minimum atomic E-state index is -0.421. The van der Waals surface area contributed by atoms with Crippen molar-refractivity contribution in [2.75, 3.05) is 0 Å². The summed E-state index contributed by atoms with van der Waals surface area (Å²) in [5.41, 5.74) is 0.193. The lowest BCUT2D eigenvalue weighted by molar-refractivity contribution is 0.262. The molecule has 4 aliphatic carbocycles. The molecule has 0 aromatic carbocycles. The number of aromatic nitrogens is 4. The fourth-order valence-corrected chi connectivity index (χ4v) is 5.76. The number of nitrogens with zero attached hydrogens (tertiary/aromatic N) is 2. The highest BCUT2D eigenvalue weighted by atomic mass is 16.2. The average molecular weight is 312 g/mol. The predicted molar refractivity (Wildman–Crippen MR) is 86.4 cm³/mol. The molecule has 4 saturated carbocycles. The van der Waals surface area contributed by atoms with E-state index in [2.05, 4.69) is 16.5 Å². The molecule has 2 heterocycles. The minimum absolute atomic E-state index is 0.105. The van der Waals surface area contributed by atoms with Gasteiger partial charge in [-0.2, -0.15) is 0 Å². The van der Waals surface area contributed by atoms with E-state index in [-0.39, 0.29) is 11.0 Å². The Kier molecular flexibility index (Phi) is 2.46. The third kappa shape index (κ3) is 1.61. The molecule has 0 radical (unpaired) electrons. The van der Waals surface area contributed by atoms with Gasteiger partial charge in [-0.05, 0) is 49.9 Å². The highest BCUT2D eigenvalue weighted by molar-refractivity contribution is 5.70. The number of allylic oxidation sites excluding steroid dienone is 1. The van der Waals surface area contributed by atoms with Crippen LogP contribution in [0.15, 0.2) is 22.2 Å². The summed E-state index contributed by atoms with van der Waals surface area (Å²) in [7, 11) is 0. The molecule has 0 saturated heterocycles. The standard InChI is InChI=1S/C17H20N4O2/c1-2-3-21-13-12(14(22)20-16(21)23)18-15(19-13)17-7-9-4-10(8-17)6-11(17)5-9/h2,9-11H,1,3-8H2,(H,18,19)(H,20,22,23). The van der Waals surface area contributed by atoms with Crippen LogP contribution in [-0.4, -0.2) is 19.5 Å². The summed E-state index contributed by atoms with van der Waals surface area (Å²) >= 11 is 0. The first-order chi connectivity index (χ1) is 11.1. The maximum Gasteiger partial charge on any atom is 0.330 e. The highest BCUT2D eigenvalue weighted by Crippen LogP contribution is 2.65. The van der Waals surface area contributed by atoms with Crippen molar-refractivity contribution in [2.24, 2.45) is 17.8 Å². The van der Waals surface area contributed by atoms with Crippen LogP contribution in [0.4, 0.5) is 0 Å². The molecule has 2 N–H and O–H groups in total. The molecule has 2 unspecified atom stereocenters. The Labute approximate surface area is 132 Å². The van der Waals surface area contributed by atoms with E-state index < -0.39 is 5.69 Å². The van der Waals surface area contributed by atoms with Gasteiger partial charge in [0.1, 0.15) is 11.3 Å². The third-order valence-corrected chi connectivity index (χ3v) is 6.41. The van der Waals surface area contributed by atoms with Gasteiger partial charge < -0.3 is 4.98 Å². The zero-order valence-corrected chi connectivity index (χ0v) is 13.0. The number of aromatic amines is 2. The van der Waals surface area contributed by atoms with E-state index in [4.69, 9.17) is 4.98 Å². The van der Waals surface area contributed by atoms with Crippen molar-refractivity contribution in [2.45, 2.75) is 44.1 Å². The van der Waals surface area contributed by atoms with Gasteiger partial charge in [0.25, 0.3) is 5.56 Å². The van der Waals surface area contributed by atoms with E-state index in [0.717, 1.165) is 17.7 Å². The second-order valence-electron chi connectivity index (χ2n) is 7.64. The Morgan fingerprint density at radius 2 is 1.96 bits per heavy atom. The number of hydrogen-bond acceptors (Lipinski definition) is 3. The van der Waals surface area contributed by atoms with E-state index in [9.17, 15) is 9.59 Å². The number of fused-ring (bicyclic) bond motifs is 1.